The van der Waals surface area contributed by atoms with Gasteiger partial charge in [0.1, 0.15) is 0 Å². The second-order valence-electron chi connectivity index (χ2n) is 4.39. The standard InChI is InChI=1S/C11H17NO2/c1-11(5-2-6-14-11)8-12-9-3-4-10(13)7-9/h7,12H,2-6,8H2,1H3. The molecule has 1 aliphatic heterocycles. The topological polar surface area (TPSA) is 38.3 Å². The number of carbonyl (C=O) groups is 1. The average Bonchev–Trinajstić information content (AvgIpc) is 2.73. The quantitative estimate of drug-likeness (QED) is 0.739. The molecule has 1 heterocycles. The van der Waals surface area contributed by atoms with Gasteiger partial charge in [0, 0.05) is 31.3 Å². The van der Waals surface area contributed by atoms with E-state index >= 15 is 0 Å². The van der Waals surface area contributed by atoms with Gasteiger partial charge in [-0.25, -0.2) is 0 Å². The predicted octanol–water partition coefficient (Wildman–Crippen LogP) is 1.39. The van der Waals surface area contributed by atoms with Crippen molar-refractivity contribution in [1.29, 1.82) is 0 Å². The van der Waals surface area contributed by atoms with Gasteiger partial charge in [0.05, 0.1) is 5.60 Å². The number of hydrogen-bond donors (Lipinski definition) is 1. The summed E-state index contributed by atoms with van der Waals surface area (Å²) < 4.78 is 5.65. The molecule has 1 atom stereocenters. The van der Waals surface area contributed by atoms with Gasteiger partial charge in [-0.2, -0.15) is 0 Å². The molecule has 0 radical (unpaired) electrons. The number of rotatable bonds is 3. The van der Waals surface area contributed by atoms with Crippen LogP contribution in [0, 0.1) is 0 Å². The smallest absolute Gasteiger partial charge is 0.157 e. The number of nitrogens with one attached hydrogen (secondary N) is 1. The third kappa shape index (κ3) is 2.15. The Morgan fingerprint density at radius 2 is 2.43 bits per heavy atom. The zero-order chi connectivity index (χ0) is 10.0. The largest absolute Gasteiger partial charge is 0.385 e. The summed E-state index contributed by atoms with van der Waals surface area (Å²) in [5.41, 5.74) is 1.05. The van der Waals surface area contributed by atoms with Crippen molar-refractivity contribution in [1.82, 2.24) is 5.32 Å². The molecule has 1 unspecified atom stereocenters. The molecule has 3 nitrogen and oxygen atoms in total. The maximum Gasteiger partial charge on any atom is 0.157 e. The summed E-state index contributed by atoms with van der Waals surface area (Å²) in [7, 11) is 0. The molecule has 0 aromatic heterocycles. The summed E-state index contributed by atoms with van der Waals surface area (Å²) in [5, 5.41) is 3.31. The molecule has 1 saturated heterocycles. The van der Waals surface area contributed by atoms with Crippen LogP contribution in [0.3, 0.4) is 0 Å². The van der Waals surface area contributed by atoms with Crippen LogP contribution in [-0.4, -0.2) is 24.5 Å². The lowest BCUT2D eigenvalue weighted by atomic mass is 10.0. The minimum absolute atomic E-state index is 0.0214. The number of hydrogen-bond acceptors (Lipinski definition) is 3. The summed E-state index contributed by atoms with van der Waals surface area (Å²) in [6.45, 7) is 3.83. The van der Waals surface area contributed by atoms with Crippen LogP contribution in [0.25, 0.3) is 0 Å². The zero-order valence-corrected chi connectivity index (χ0v) is 8.64. The minimum atomic E-state index is -0.0214. The molecule has 0 amide bonds. The lowest BCUT2D eigenvalue weighted by Gasteiger charge is -2.24. The fraction of sp³-hybridized carbons (Fsp3) is 0.727. The monoisotopic (exact) mass is 195 g/mol. The average molecular weight is 195 g/mol. The Balaban J connectivity index is 1.82. The highest BCUT2D eigenvalue weighted by atomic mass is 16.5. The Morgan fingerprint density at radius 1 is 1.57 bits per heavy atom. The van der Waals surface area contributed by atoms with Crippen LogP contribution in [-0.2, 0) is 9.53 Å². The van der Waals surface area contributed by atoms with Crippen LogP contribution >= 0.6 is 0 Å². The Bertz CT molecular complexity index is 264. The molecule has 1 fully saturated rings. The maximum absolute atomic E-state index is 11.0. The van der Waals surface area contributed by atoms with Crippen molar-refractivity contribution in [2.24, 2.45) is 0 Å². The SMILES string of the molecule is CC1(CNC2=CC(=O)CC2)CCCO1. The second-order valence-corrected chi connectivity index (χ2v) is 4.39. The van der Waals surface area contributed by atoms with Crippen LogP contribution in [0.5, 0.6) is 0 Å². The summed E-state index contributed by atoms with van der Waals surface area (Å²) in [6.07, 6.45) is 5.52. The molecule has 0 spiro atoms. The van der Waals surface area contributed by atoms with Gasteiger partial charge in [0.25, 0.3) is 0 Å². The molecule has 2 aliphatic rings. The molecule has 3 heteroatoms. The van der Waals surface area contributed by atoms with Gasteiger partial charge in [-0.3, -0.25) is 4.79 Å². The highest BCUT2D eigenvalue weighted by Crippen LogP contribution is 2.24. The molecule has 2 rings (SSSR count). The van der Waals surface area contributed by atoms with Gasteiger partial charge in [-0.15, -0.1) is 0 Å². The van der Waals surface area contributed by atoms with Gasteiger partial charge in [-0.1, -0.05) is 0 Å². The van der Waals surface area contributed by atoms with Crippen LogP contribution in [0.4, 0.5) is 0 Å². The lowest BCUT2D eigenvalue weighted by Crippen LogP contribution is -2.36. The van der Waals surface area contributed by atoms with Crippen molar-refractivity contribution < 1.29 is 9.53 Å². The summed E-state index contributed by atoms with van der Waals surface area (Å²) >= 11 is 0. The first kappa shape index (κ1) is 9.71. The van der Waals surface area contributed by atoms with Gasteiger partial charge < -0.3 is 10.1 Å². The molecule has 14 heavy (non-hydrogen) atoms. The van der Waals surface area contributed by atoms with E-state index in [9.17, 15) is 4.79 Å². The van der Waals surface area contributed by atoms with Gasteiger partial charge in [-0.05, 0) is 26.2 Å². The Labute approximate surface area is 84.5 Å². The Hall–Kier alpha value is -0.830. The normalized spacial score (nSPS) is 32.1. The van der Waals surface area contributed by atoms with Crippen molar-refractivity contribution in [3.63, 3.8) is 0 Å². The van der Waals surface area contributed by atoms with Crippen molar-refractivity contribution in [2.75, 3.05) is 13.2 Å². The first-order valence-corrected chi connectivity index (χ1v) is 5.29. The predicted molar refractivity (Wildman–Crippen MR) is 53.9 cm³/mol. The van der Waals surface area contributed by atoms with Crippen LogP contribution in [0.2, 0.25) is 0 Å². The van der Waals surface area contributed by atoms with E-state index in [2.05, 4.69) is 12.2 Å². The van der Waals surface area contributed by atoms with Crippen molar-refractivity contribution in [2.45, 2.75) is 38.2 Å². The summed E-state index contributed by atoms with van der Waals surface area (Å²) in [4.78, 5) is 11.0. The summed E-state index contributed by atoms with van der Waals surface area (Å²) in [5.74, 6) is 0.241. The highest BCUT2D eigenvalue weighted by molar-refractivity contribution is 5.92. The molecule has 1 N–H and O–H groups in total. The third-order valence-corrected chi connectivity index (χ3v) is 2.97. The van der Waals surface area contributed by atoms with E-state index in [1.807, 2.05) is 0 Å². The van der Waals surface area contributed by atoms with E-state index in [0.717, 1.165) is 38.1 Å². The van der Waals surface area contributed by atoms with E-state index < -0.39 is 0 Å². The van der Waals surface area contributed by atoms with E-state index in [0.29, 0.717) is 6.42 Å². The first-order valence-electron chi connectivity index (χ1n) is 5.29. The van der Waals surface area contributed by atoms with Crippen molar-refractivity contribution in [3.8, 4) is 0 Å². The Morgan fingerprint density at radius 3 is 3.00 bits per heavy atom. The second kappa shape index (κ2) is 3.73. The van der Waals surface area contributed by atoms with Gasteiger partial charge in [0.15, 0.2) is 5.78 Å². The molecule has 0 saturated carbocycles. The maximum atomic E-state index is 11.0. The number of allylic oxidation sites excluding steroid dienone is 2. The van der Waals surface area contributed by atoms with Crippen molar-refractivity contribution in [3.05, 3.63) is 11.8 Å². The van der Waals surface area contributed by atoms with Crippen LogP contribution in [0.1, 0.15) is 32.6 Å². The molecule has 0 aromatic rings. The van der Waals surface area contributed by atoms with E-state index in [-0.39, 0.29) is 11.4 Å². The molecular weight excluding hydrogens is 178 g/mol. The Kier molecular flexibility index (Phi) is 2.59. The molecule has 78 valence electrons. The first-order chi connectivity index (χ1) is 6.68. The third-order valence-electron chi connectivity index (χ3n) is 2.97. The number of carbonyl (C=O) groups excluding carboxylic acids is 1. The van der Waals surface area contributed by atoms with Gasteiger partial charge >= 0.3 is 0 Å². The molecule has 0 aromatic carbocycles. The van der Waals surface area contributed by atoms with Crippen molar-refractivity contribution >= 4 is 5.78 Å². The number of ether oxygens (including phenoxy) is 1. The van der Waals surface area contributed by atoms with E-state index in [1.165, 1.54) is 0 Å². The highest BCUT2D eigenvalue weighted by Gasteiger charge is 2.29. The summed E-state index contributed by atoms with van der Waals surface area (Å²) in [6, 6.07) is 0. The fourth-order valence-corrected chi connectivity index (χ4v) is 2.01. The number of ketones is 1. The van der Waals surface area contributed by atoms with Crippen LogP contribution in [0.15, 0.2) is 11.8 Å². The van der Waals surface area contributed by atoms with E-state index in [4.69, 9.17) is 4.74 Å². The van der Waals surface area contributed by atoms with Gasteiger partial charge in [0.2, 0.25) is 0 Å². The van der Waals surface area contributed by atoms with Crippen LogP contribution < -0.4 is 5.32 Å². The molecular formula is C11H17NO2. The lowest BCUT2D eigenvalue weighted by molar-refractivity contribution is -0.114. The minimum Gasteiger partial charge on any atom is -0.385 e. The molecule has 1 aliphatic carbocycles. The zero-order valence-electron chi connectivity index (χ0n) is 8.64. The molecule has 0 bridgehead atoms. The fourth-order valence-electron chi connectivity index (χ4n) is 2.01. The van der Waals surface area contributed by atoms with E-state index in [1.54, 1.807) is 6.08 Å².